The van der Waals surface area contributed by atoms with E-state index in [1.54, 1.807) is 0 Å². The average molecular weight is 282 g/mol. The van der Waals surface area contributed by atoms with Crippen LogP contribution in [0.3, 0.4) is 0 Å². The SMILES string of the molecule is CC(C)(C)CS(=O)(=O)Nc1cccc2c1NCCC2. The summed E-state index contributed by atoms with van der Waals surface area (Å²) >= 11 is 0. The second-order valence-corrected chi connectivity index (χ2v) is 8.01. The molecule has 0 amide bonds. The second kappa shape index (κ2) is 5.04. The molecule has 0 unspecified atom stereocenters. The van der Waals surface area contributed by atoms with Gasteiger partial charge in [0.15, 0.2) is 0 Å². The number of hydrogen-bond donors (Lipinski definition) is 2. The molecule has 19 heavy (non-hydrogen) atoms. The van der Waals surface area contributed by atoms with Crippen LogP contribution in [0.1, 0.15) is 32.8 Å². The molecule has 0 spiro atoms. The van der Waals surface area contributed by atoms with Gasteiger partial charge in [-0.1, -0.05) is 32.9 Å². The normalized spacial score (nSPS) is 15.5. The van der Waals surface area contributed by atoms with Gasteiger partial charge in [0.25, 0.3) is 0 Å². The largest absolute Gasteiger partial charge is 0.383 e. The molecule has 0 bridgehead atoms. The molecule has 1 aromatic carbocycles. The van der Waals surface area contributed by atoms with E-state index in [2.05, 4.69) is 10.0 Å². The first-order valence-corrected chi connectivity index (χ1v) is 8.28. The molecule has 2 rings (SSSR count). The van der Waals surface area contributed by atoms with Gasteiger partial charge >= 0.3 is 0 Å². The Hall–Kier alpha value is -1.23. The maximum absolute atomic E-state index is 12.2. The van der Waals surface area contributed by atoms with Gasteiger partial charge in [0, 0.05) is 6.54 Å². The van der Waals surface area contributed by atoms with E-state index in [0.29, 0.717) is 5.69 Å². The quantitative estimate of drug-likeness (QED) is 0.896. The topological polar surface area (TPSA) is 58.2 Å². The van der Waals surface area contributed by atoms with Crippen molar-refractivity contribution < 1.29 is 8.42 Å². The van der Waals surface area contributed by atoms with Crippen LogP contribution in [0.2, 0.25) is 0 Å². The van der Waals surface area contributed by atoms with E-state index in [0.717, 1.165) is 25.1 Å². The molecule has 1 aliphatic heterocycles. The van der Waals surface area contributed by atoms with Gasteiger partial charge in [-0.05, 0) is 29.9 Å². The summed E-state index contributed by atoms with van der Waals surface area (Å²) in [4.78, 5) is 0. The first-order chi connectivity index (χ1) is 8.77. The van der Waals surface area contributed by atoms with Crippen LogP contribution in [0.25, 0.3) is 0 Å². The Bertz CT molecular complexity index is 559. The summed E-state index contributed by atoms with van der Waals surface area (Å²) in [6, 6.07) is 5.77. The van der Waals surface area contributed by atoms with Crippen molar-refractivity contribution in [2.24, 2.45) is 5.41 Å². The monoisotopic (exact) mass is 282 g/mol. The maximum atomic E-state index is 12.2. The van der Waals surface area contributed by atoms with Crippen LogP contribution in [-0.2, 0) is 16.4 Å². The number of nitrogens with one attached hydrogen (secondary N) is 2. The summed E-state index contributed by atoms with van der Waals surface area (Å²) in [6.45, 7) is 6.66. The average Bonchev–Trinajstić information content (AvgIpc) is 2.25. The minimum absolute atomic E-state index is 0.115. The van der Waals surface area contributed by atoms with Crippen LogP contribution in [-0.4, -0.2) is 20.7 Å². The van der Waals surface area contributed by atoms with Gasteiger partial charge in [-0.3, -0.25) is 4.72 Å². The van der Waals surface area contributed by atoms with Gasteiger partial charge < -0.3 is 5.32 Å². The van der Waals surface area contributed by atoms with Crippen molar-refractivity contribution in [2.75, 3.05) is 22.3 Å². The van der Waals surface area contributed by atoms with Crippen molar-refractivity contribution in [3.8, 4) is 0 Å². The summed E-state index contributed by atoms with van der Waals surface area (Å²) < 4.78 is 27.0. The number of anilines is 2. The third-order valence-corrected chi connectivity index (χ3v) is 4.74. The minimum atomic E-state index is -3.32. The highest BCUT2D eigenvalue weighted by molar-refractivity contribution is 7.92. The number of sulfonamides is 1. The molecule has 0 aromatic heterocycles. The van der Waals surface area contributed by atoms with E-state index in [4.69, 9.17) is 0 Å². The molecule has 0 saturated carbocycles. The molecule has 1 aromatic rings. The molecule has 106 valence electrons. The predicted octanol–water partition coefficient (Wildman–Crippen LogP) is 2.83. The minimum Gasteiger partial charge on any atom is -0.383 e. The molecule has 2 N–H and O–H groups in total. The molecular weight excluding hydrogens is 260 g/mol. The van der Waals surface area contributed by atoms with Crippen molar-refractivity contribution in [2.45, 2.75) is 33.6 Å². The van der Waals surface area contributed by atoms with Crippen molar-refractivity contribution in [3.63, 3.8) is 0 Å². The van der Waals surface area contributed by atoms with Crippen LogP contribution in [0.15, 0.2) is 18.2 Å². The van der Waals surface area contributed by atoms with E-state index in [9.17, 15) is 8.42 Å². The Morgan fingerprint density at radius 2 is 2.05 bits per heavy atom. The third-order valence-electron chi connectivity index (χ3n) is 2.96. The smallest absolute Gasteiger partial charge is 0.233 e. The first-order valence-electron chi connectivity index (χ1n) is 6.63. The predicted molar refractivity (Wildman–Crippen MR) is 80.1 cm³/mol. The number of hydrogen-bond acceptors (Lipinski definition) is 3. The highest BCUT2D eigenvalue weighted by Crippen LogP contribution is 2.31. The number of rotatable bonds is 3. The Morgan fingerprint density at radius 3 is 2.74 bits per heavy atom. The first kappa shape index (κ1) is 14.2. The summed E-state index contributed by atoms with van der Waals surface area (Å²) in [7, 11) is -3.32. The summed E-state index contributed by atoms with van der Waals surface area (Å²) in [6.07, 6.45) is 2.09. The van der Waals surface area contributed by atoms with Gasteiger partial charge in [-0.25, -0.2) is 8.42 Å². The second-order valence-electron chi connectivity index (χ2n) is 6.29. The molecule has 1 heterocycles. The summed E-state index contributed by atoms with van der Waals surface area (Å²) in [5.41, 5.74) is 2.53. The van der Waals surface area contributed by atoms with Gasteiger partial charge in [0.2, 0.25) is 10.0 Å². The Kier molecular flexibility index (Phi) is 3.76. The van der Waals surface area contributed by atoms with Crippen molar-refractivity contribution >= 4 is 21.4 Å². The lowest BCUT2D eigenvalue weighted by Crippen LogP contribution is -2.27. The zero-order valence-corrected chi connectivity index (χ0v) is 12.6. The summed E-state index contributed by atoms with van der Waals surface area (Å²) in [5.74, 6) is 0.115. The van der Waals surface area contributed by atoms with Gasteiger partial charge in [-0.15, -0.1) is 0 Å². The van der Waals surface area contributed by atoms with Crippen molar-refractivity contribution in [1.29, 1.82) is 0 Å². The molecule has 5 heteroatoms. The van der Waals surface area contributed by atoms with Crippen molar-refractivity contribution in [3.05, 3.63) is 23.8 Å². The standard InChI is InChI=1S/C14H22N2O2S/c1-14(2,3)10-19(17,18)16-12-8-4-6-11-7-5-9-15-13(11)12/h4,6,8,15-16H,5,7,9-10H2,1-3H3. The lowest BCUT2D eigenvalue weighted by atomic mass is 10.0. The highest BCUT2D eigenvalue weighted by atomic mass is 32.2. The third kappa shape index (κ3) is 3.86. The van der Waals surface area contributed by atoms with Crippen molar-refractivity contribution in [1.82, 2.24) is 0 Å². The fraction of sp³-hybridized carbons (Fsp3) is 0.571. The van der Waals surface area contributed by atoms with E-state index < -0.39 is 10.0 Å². The zero-order valence-electron chi connectivity index (χ0n) is 11.8. The van der Waals surface area contributed by atoms with Crippen LogP contribution >= 0.6 is 0 Å². The van der Waals surface area contributed by atoms with Gasteiger partial charge in [0.05, 0.1) is 17.1 Å². The van der Waals surface area contributed by atoms with E-state index >= 15 is 0 Å². The molecule has 0 fully saturated rings. The fourth-order valence-electron chi connectivity index (χ4n) is 2.37. The van der Waals surface area contributed by atoms with Crippen LogP contribution < -0.4 is 10.0 Å². The van der Waals surface area contributed by atoms with Crippen LogP contribution in [0.5, 0.6) is 0 Å². The number of benzene rings is 1. The Morgan fingerprint density at radius 1 is 1.32 bits per heavy atom. The molecule has 0 atom stereocenters. The molecule has 4 nitrogen and oxygen atoms in total. The van der Waals surface area contributed by atoms with Crippen LogP contribution in [0.4, 0.5) is 11.4 Å². The van der Waals surface area contributed by atoms with Gasteiger partial charge in [-0.2, -0.15) is 0 Å². The van der Waals surface area contributed by atoms with E-state index in [1.165, 1.54) is 5.56 Å². The fourth-order valence-corrected chi connectivity index (χ4v) is 4.09. The number of aryl methyl sites for hydroxylation is 1. The lowest BCUT2D eigenvalue weighted by molar-refractivity contribution is 0.463. The van der Waals surface area contributed by atoms with E-state index in [1.807, 2.05) is 39.0 Å². The molecule has 0 saturated heterocycles. The Balaban J connectivity index is 2.24. The highest BCUT2D eigenvalue weighted by Gasteiger charge is 2.23. The van der Waals surface area contributed by atoms with E-state index in [-0.39, 0.29) is 11.2 Å². The molecule has 0 aliphatic carbocycles. The Labute approximate surface area is 115 Å². The number of para-hydroxylation sites is 1. The molecule has 1 aliphatic rings. The molecule has 0 radical (unpaired) electrons. The maximum Gasteiger partial charge on any atom is 0.233 e. The zero-order chi connectivity index (χ0) is 14.1. The number of fused-ring (bicyclic) bond motifs is 1. The molecular formula is C14H22N2O2S. The van der Waals surface area contributed by atoms with Crippen LogP contribution in [0, 0.1) is 5.41 Å². The van der Waals surface area contributed by atoms with Gasteiger partial charge in [0.1, 0.15) is 0 Å². The summed E-state index contributed by atoms with van der Waals surface area (Å²) in [5, 5.41) is 3.29. The lowest BCUT2D eigenvalue weighted by Gasteiger charge is -2.23.